The number of halogens is 3. The molecule has 2 N–H and O–H groups in total. The lowest BCUT2D eigenvalue weighted by atomic mass is 10.1. The van der Waals surface area contributed by atoms with Gasteiger partial charge in [-0.1, -0.05) is 0 Å². The molecule has 2 rings (SSSR count). The molecule has 0 bridgehead atoms. The molecule has 0 spiro atoms. The Labute approximate surface area is 189 Å². The van der Waals surface area contributed by atoms with E-state index in [0.29, 0.717) is 37.6 Å². The third kappa shape index (κ3) is 9.10. The van der Waals surface area contributed by atoms with E-state index < -0.39 is 22.2 Å². The molecule has 0 aromatic rings. The molecule has 0 aromatic carbocycles. The molecule has 0 saturated carbocycles. The van der Waals surface area contributed by atoms with Gasteiger partial charge in [0, 0.05) is 30.9 Å². The fourth-order valence-corrected chi connectivity index (χ4v) is 5.11. The molecule has 2 heterocycles. The van der Waals surface area contributed by atoms with Gasteiger partial charge in [-0.2, -0.15) is 18.4 Å². The second kappa shape index (κ2) is 12.0. The lowest BCUT2D eigenvalue weighted by Crippen LogP contribution is -2.56. The molecular weight excluding hydrogens is 475 g/mol. The zero-order valence-electron chi connectivity index (χ0n) is 18.0. The summed E-state index contributed by atoms with van der Waals surface area (Å²) in [5.74, 6) is -1.60. The standard InChI is InChI=1S/C15H27N5O3S2.C2HF3O2/c1-12(2)17-20(9-15(21)19-11-24-10-14(19)8-16)13-4-6-18(7-5-13)25(3,22)23;3-2(4,5)1(6)7/h12-14,17H,4-7,9-11H2,1-3H3;(H,6,7). The van der Waals surface area contributed by atoms with Gasteiger partial charge in [0.2, 0.25) is 15.9 Å². The first kappa shape index (κ1) is 28.4. The van der Waals surface area contributed by atoms with E-state index in [4.69, 9.17) is 9.90 Å². The number of nitrogens with one attached hydrogen (secondary N) is 1. The summed E-state index contributed by atoms with van der Waals surface area (Å²) in [6.07, 6.45) is -2.50. The third-order valence-corrected chi connectivity index (χ3v) is 6.97. The Morgan fingerprint density at radius 1 is 1.31 bits per heavy atom. The normalized spacial score (nSPS) is 20.7. The summed E-state index contributed by atoms with van der Waals surface area (Å²) < 4.78 is 56.6. The number of nitrogens with zero attached hydrogens (tertiary/aromatic N) is 4. The van der Waals surface area contributed by atoms with E-state index in [-0.39, 0.29) is 30.6 Å². The van der Waals surface area contributed by atoms with Crippen molar-refractivity contribution >= 4 is 33.7 Å². The van der Waals surface area contributed by atoms with Gasteiger partial charge in [0.15, 0.2) is 0 Å². The van der Waals surface area contributed by atoms with Crippen LogP contribution in [0.1, 0.15) is 26.7 Å². The average Bonchev–Trinajstić information content (AvgIpc) is 3.15. The van der Waals surface area contributed by atoms with E-state index in [9.17, 15) is 31.6 Å². The van der Waals surface area contributed by atoms with E-state index in [1.54, 1.807) is 16.7 Å². The SMILES string of the molecule is CC(C)NN(CC(=O)N1CSCC1C#N)C1CCN(S(C)(=O)=O)CC1.O=C(O)C(F)(F)F. The highest BCUT2D eigenvalue weighted by Gasteiger charge is 2.38. The van der Waals surface area contributed by atoms with Crippen molar-refractivity contribution in [3.8, 4) is 6.07 Å². The van der Waals surface area contributed by atoms with Crippen LogP contribution in [0, 0.1) is 11.3 Å². The second-order valence-corrected chi connectivity index (χ2v) is 10.6. The maximum absolute atomic E-state index is 12.6. The van der Waals surface area contributed by atoms with Gasteiger partial charge in [-0.25, -0.2) is 22.5 Å². The number of nitriles is 1. The highest BCUT2D eigenvalue weighted by molar-refractivity contribution is 7.99. The molecule has 10 nitrogen and oxygen atoms in total. The van der Waals surface area contributed by atoms with Gasteiger partial charge in [-0.05, 0) is 26.7 Å². The Hall–Kier alpha value is -1.60. The van der Waals surface area contributed by atoms with Crippen LogP contribution in [-0.4, -0.2) is 101 Å². The largest absolute Gasteiger partial charge is 0.490 e. The Kier molecular flexibility index (Phi) is 10.7. The Morgan fingerprint density at radius 3 is 2.25 bits per heavy atom. The average molecular weight is 504 g/mol. The molecule has 2 aliphatic rings. The number of alkyl halides is 3. The number of thioether (sulfide) groups is 1. The van der Waals surface area contributed by atoms with Gasteiger partial charge in [-0.15, -0.1) is 11.8 Å². The number of aliphatic carboxylic acids is 1. The van der Waals surface area contributed by atoms with Gasteiger partial charge in [-0.3, -0.25) is 10.2 Å². The molecule has 2 saturated heterocycles. The molecule has 1 amide bonds. The van der Waals surface area contributed by atoms with Crippen molar-refractivity contribution < 1.29 is 36.3 Å². The smallest absolute Gasteiger partial charge is 0.475 e. The topological polar surface area (TPSA) is 134 Å². The van der Waals surface area contributed by atoms with Gasteiger partial charge in [0.1, 0.15) is 6.04 Å². The predicted molar refractivity (Wildman–Crippen MR) is 112 cm³/mol. The monoisotopic (exact) mass is 503 g/mol. The summed E-state index contributed by atoms with van der Waals surface area (Å²) in [4.78, 5) is 23.2. The molecule has 0 aromatic heterocycles. The van der Waals surface area contributed by atoms with Gasteiger partial charge in [0.05, 0.1) is 24.7 Å². The molecular formula is C17H28F3N5O5S2. The summed E-state index contributed by atoms with van der Waals surface area (Å²) in [5, 5.41) is 18.2. The zero-order valence-corrected chi connectivity index (χ0v) is 19.6. The molecule has 1 atom stereocenters. The van der Waals surface area contributed by atoms with Crippen LogP contribution in [0.2, 0.25) is 0 Å². The number of piperidine rings is 1. The van der Waals surface area contributed by atoms with Crippen LogP contribution < -0.4 is 5.43 Å². The first-order valence-corrected chi connectivity index (χ1v) is 12.7. The minimum atomic E-state index is -5.08. The van der Waals surface area contributed by atoms with Crippen LogP contribution >= 0.6 is 11.8 Å². The van der Waals surface area contributed by atoms with Gasteiger partial charge in [0.25, 0.3) is 0 Å². The first-order valence-electron chi connectivity index (χ1n) is 9.71. The maximum atomic E-state index is 12.6. The molecule has 32 heavy (non-hydrogen) atoms. The number of sulfonamides is 1. The van der Waals surface area contributed by atoms with Crippen molar-refractivity contribution in [3.63, 3.8) is 0 Å². The van der Waals surface area contributed by atoms with E-state index >= 15 is 0 Å². The Morgan fingerprint density at radius 2 is 1.84 bits per heavy atom. The summed E-state index contributed by atoms with van der Waals surface area (Å²) in [7, 11) is -3.16. The summed E-state index contributed by atoms with van der Waals surface area (Å²) >= 11 is 1.59. The van der Waals surface area contributed by atoms with Crippen molar-refractivity contribution in [2.75, 3.05) is 37.5 Å². The number of amides is 1. The molecule has 0 aliphatic carbocycles. The van der Waals surface area contributed by atoms with Crippen molar-refractivity contribution in [2.45, 2.75) is 51.0 Å². The number of carboxylic acids is 1. The summed E-state index contributed by atoms with van der Waals surface area (Å²) in [6, 6.07) is 2.09. The molecule has 1 unspecified atom stereocenters. The van der Waals surface area contributed by atoms with Gasteiger partial charge < -0.3 is 10.0 Å². The molecule has 2 fully saturated rings. The summed E-state index contributed by atoms with van der Waals surface area (Å²) in [6.45, 7) is 5.14. The lowest BCUT2D eigenvalue weighted by molar-refractivity contribution is -0.192. The zero-order chi connectivity index (χ0) is 24.7. The lowest BCUT2D eigenvalue weighted by Gasteiger charge is -2.39. The fraction of sp³-hybridized carbons (Fsp3) is 0.824. The van der Waals surface area contributed by atoms with Crippen LogP contribution in [0.15, 0.2) is 0 Å². The van der Waals surface area contributed by atoms with Crippen molar-refractivity contribution in [1.82, 2.24) is 19.6 Å². The second-order valence-electron chi connectivity index (χ2n) is 7.62. The number of carbonyl (C=O) groups is 2. The van der Waals surface area contributed by atoms with E-state index in [2.05, 4.69) is 11.5 Å². The quantitative estimate of drug-likeness (QED) is 0.502. The van der Waals surface area contributed by atoms with E-state index in [1.807, 2.05) is 18.9 Å². The number of carboxylic acid groups (broad SMARTS) is 1. The van der Waals surface area contributed by atoms with Crippen molar-refractivity contribution in [3.05, 3.63) is 0 Å². The highest BCUT2D eigenvalue weighted by Crippen LogP contribution is 2.22. The number of hydrogen-bond acceptors (Lipinski definition) is 8. The highest BCUT2D eigenvalue weighted by atomic mass is 32.2. The van der Waals surface area contributed by atoms with Crippen LogP contribution in [0.25, 0.3) is 0 Å². The van der Waals surface area contributed by atoms with Crippen LogP contribution in [-0.2, 0) is 19.6 Å². The summed E-state index contributed by atoms with van der Waals surface area (Å²) in [5.41, 5.74) is 3.32. The Balaban J connectivity index is 0.000000633. The van der Waals surface area contributed by atoms with E-state index in [0.717, 1.165) is 0 Å². The fourth-order valence-electron chi connectivity index (χ4n) is 3.13. The number of hydrazine groups is 1. The third-order valence-electron chi connectivity index (χ3n) is 4.66. The molecule has 2 aliphatic heterocycles. The maximum Gasteiger partial charge on any atom is 0.490 e. The molecule has 0 radical (unpaired) electrons. The van der Waals surface area contributed by atoms with Crippen molar-refractivity contribution in [1.29, 1.82) is 5.26 Å². The first-order chi connectivity index (χ1) is 14.7. The number of carbonyl (C=O) groups excluding carboxylic acids is 1. The van der Waals surface area contributed by atoms with Crippen LogP contribution in [0.4, 0.5) is 13.2 Å². The van der Waals surface area contributed by atoms with Gasteiger partial charge >= 0.3 is 12.1 Å². The number of hydrogen-bond donors (Lipinski definition) is 2. The predicted octanol–water partition coefficient (Wildman–Crippen LogP) is 0.684. The minimum Gasteiger partial charge on any atom is -0.475 e. The number of rotatable bonds is 6. The molecule has 15 heteroatoms. The van der Waals surface area contributed by atoms with Crippen LogP contribution in [0.3, 0.4) is 0 Å². The van der Waals surface area contributed by atoms with Crippen LogP contribution in [0.5, 0.6) is 0 Å². The van der Waals surface area contributed by atoms with Crippen molar-refractivity contribution in [2.24, 2.45) is 0 Å². The molecule has 184 valence electrons. The van der Waals surface area contributed by atoms with E-state index in [1.165, 1.54) is 10.6 Å². The Bertz CT molecular complexity index is 795. The minimum absolute atomic E-state index is 0.0600.